The molecule has 1 N–H and O–H groups in total. The van der Waals surface area contributed by atoms with E-state index < -0.39 is 0 Å². The second kappa shape index (κ2) is 9.75. The summed E-state index contributed by atoms with van der Waals surface area (Å²) < 4.78 is 10.3. The van der Waals surface area contributed by atoms with Crippen LogP contribution in [0.25, 0.3) is 0 Å². The standard InChI is InChI=1S/C22H22N2O4S/c1-27-18-10-8-17(9-11-18)24(15-20-7-4-12-29-20)21(25)14-23-22(26)16-5-3-6-19(13-16)28-2/h3-13H,14-15H2,1-2H3,(H,23,26). The minimum atomic E-state index is -0.331. The first-order valence-electron chi connectivity index (χ1n) is 8.99. The van der Waals surface area contributed by atoms with Crippen LogP contribution < -0.4 is 19.7 Å². The van der Waals surface area contributed by atoms with Crippen LogP contribution in [-0.2, 0) is 11.3 Å². The Morgan fingerprint density at radius 3 is 2.38 bits per heavy atom. The molecule has 0 aliphatic rings. The zero-order valence-electron chi connectivity index (χ0n) is 16.3. The lowest BCUT2D eigenvalue weighted by molar-refractivity contribution is -0.117. The number of nitrogens with one attached hydrogen (secondary N) is 1. The Hall–Kier alpha value is -3.32. The second-order valence-electron chi connectivity index (χ2n) is 6.17. The maximum atomic E-state index is 12.9. The molecule has 0 aliphatic heterocycles. The van der Waals surface area contributed by atoms with Gasteiger partial charge in [0.05, 0.1) is 27.3 Å². The van der Waals surface area contributed by atoms with E-state index in [0.29, 0.717) is 23.6 Å². The van der Waals surface area contributed by atoms with Gasteiger partial charge in [0.15, 0.2) is 0 Å². The van der Waals surface area contributed by atoms with Gasteiger partial charge < -0.3 is 19.7 Å². The van der Waals surface area contributed by atoms with Crippen molar-refractivity contribution in [3.63, 3.8) is 0 Å². The summed E-state index contributed by atoms with van der Waals surface area (Å²) in [7, 11) is 3.13. The van der Waals surface area contributed by atoms with Gasteiger partial charge in [-0.1, -0.05) is 12.1 Å². The predicted molar refractivity (Wildman–Crippen MR) is 114 cm³/mol. The van der Waals surface area contributed by atoms with Gasteiger partial charge >= 0.3 is 0 Å². The molecule has 29 heavy (non-hydrogen) atoms. The molecule has 2 aromatic carbocycles. The number of hydrogen-bond donors (Lipinski definition) is 1. The third kappa shape index (κ3) is 5.36. The van der Waals surface area contributed by atoms with E-state index in [1.165, 1.54) is 7.11 Å². The molecule has 6 nitrogen and oxygen atoms in total. The Balaban J connectivity index is 1.72. The van der Waals surface area contributed by atoms with E-state index in [1.807, 2.05) is 29.6 Å². The maximum Gasteiger partial charge on any atom is 0.251 e. The molecule has 3 rings (SSSR count). The van der Waals surface area contributed by atoms with Gasteiger partial charge in [0.2, 0.25) is 5.91 Å². The quantitative estimate of drug-likeness (QED) is 0.614. The van der Waals surface area contributed by atoms with Crippen molar-refractivity contribution in [2.45, 2.75) is 6.54 Å². The number of ether oxygens (including phenoxy) is 2. The van der Waals surface area contributed by atoms with Crippen LogP contribution in [0.3, 0.4) is 0 Å². The average Bonchev–Trinajstić information content (AvgIpc) is 3.29. The molecule has 1 aromatic heterocycles. The highest BCUT2D eigenvalue weighted by molar-refractivity contribution is 7.09. The van der Waals surface area contributed by atoms with Gasteiger partial charge in [-0.3, -0.25) is 9.59 Å². The van der Waals surface area contributed by atoms with Crippen molar-refractivity contribution in [3.8, 4) is 11.5 Å². The van der Waals surface area contributed by atoms with Crippen molar-refractivity contribution in [3.05, 3.63) is 76.5 Å². The first-order valence-corrected chi connectivity index (χ1v) is 9.87. The van der Waals surface area contributed by atoms with Crippen LogP contribution in [0.1, 0.15) is 15.2 Å². The van der Waals surface area contributed by atoms with Crippen LogP contribution in [0.15, 0.2) is 66.0 Å². The maximum absolute atomic E-state index is 12.9. The van der Waals surface area contributed by atoms with E-state index in [2.05, 4.69) is 5.32 Å². The smallest absolute Gasteiger partial charge is 0.251 e. The molecule has 0 unspecified atom stereocenters. The molecule has 0 saturated heterocycles. The molecule has 3 aromatic rings. The second-order valence-corrected chi connectivity index (χ2v) is 7.20. The molecule has 0 radical (unpaired) electrons. The lowest BCUT2D eigenvalue weighted by Crippen LogP contribution is -2.39. The van der Waals surface area contributed by atoms with E-state index in [4.69, 9.17) is 9.47 Å². The molecule has 0 fully saturated rings. The Morgan fingerprint density at radius 1 is 0.966 bits per heavy atom. The monoisotopic (exact) mass is 410 g/mol. The zero-order valence-corrected chi connectivity index (χ0v) is 17.1. The van der Waals surface area contributed by atoms with Gasteiger partial charge in [-0.2, -0.15) is 0 Å². The lowest BCUT2D eigenvalue weighted by Gasteiger charge is -2.23. The summed E-state index contributed by atoms with van der Waals surface area (Å²) in [6.45, 7) is 0.311. The van der Waals surface area contributed by atoms with Crippen LogP contribution in [0.4, 0.5) is 5.69 Å². The molecule has 1 heterocycles. The largest absolute Gasteiger partial charge is 0.497 e. The van der Waals surface area contributed by atoms with E-state index in [-0.39, 0.29) is 18.4 Å². The number of anilines is 1. The first-order chi connectivity index (χ1) is 14.1. The number of carbonyl (C=O) groups is 2. The number of benzene rings is 2. The molecular formula is C22H22N2O4S. The number of carbonyl (C=O) groups excluding carboxylic acids is 2. The molecule has 2 amide bonds. The predicted octanol–water partition coefficient (Wildman–Crippen LogP) is 3.73. The summed E-state index contributed by atoms with van der Waals surface area (Å²) in [4.78, 5) is 28.1. The fraction of sp³-hybridized carbons (Fsp3) is 0.182. The number of thiophene rings is 1. The minimum Gasteiger partial charge on any atom is -0.497 e. The minimum absolute atomic E-state index is 0.118. The molecule has 0 aliphatic carbocycles. The van der Waals surface area contributed by atoms with E-state index in [1.54, 1.807) is 59.7 Å². The van der Waals surface area contributed by atoms with E-state index in [9.17, 15) is 9.59 Å². The van der Waals surface area contributed by atoms with Gasteiger partial charge in [-0.05, 0) is 53.9 Å². The highest BCUT2D eigenvalue weighted by Gasteiger charge is 2.18. The normalized spacial score (nSPS) is 10.3. The number of nitrogens with zero attached hydrogens (tertiary/aromatic N) is 1. The number of amides is 2. The van der Waals surface area contributed by atoms with E-state index >= 15 is 0 Å². The van der Waals surface area contributed by atoms with Crippen LogP contribution in [0.2, 0.25) is 0 Å². The van der Waals surface area contributed by atoms with Gasteiger partial charge in [0.25, 0.3) is 5.91 Å². The van der Waals surface area contributed by atoms with Crippen molar-refractivity contribution >= 4 is 28.8 Å². The van der Waals surface area contributed by atoms with Crippen molar-refractivity contribution in [2.24, 2.45) is 0 Å². The van der Waals surface area contributed by atoms with Crippen LogP contribution >= 0.6 is 11.3 Å². The number of rotatable bonds is 8. The summed E-state index contributed by atoms with van der Waals surface area (Å²) >= 11 is 1.58. The summed E-state index contributed by atoms with van der Waals surface area (Å²) in [6.07, 6.45) is 0. The Morgan fingerprint density at radius 2 is 1.72 bits per heavy atom. The van der Waals surface area contributed by atoms with Gasteiger partial charge in [-0.25, -0.2) is 0 Å². The highest BCUT2D eigenvalue weighted by atomic mass is 32.1. The number of methoxy groups -OCH3 is 2. The van der Waals surface area contributed by atoms with Crippen molar-refractivity contribution in [1.82, 2.24) is 5.32 Å². The molecule has 0 spiro atoms. The summed E-state index contributed by atoms with van der Waals surface area (Å²) in [5.74, 6) is 0.757. The lowest BCUT2D eigenvalue weighted by atomic mass is 10.2. The zero-order chi connectivity index (χ0) is 20.6. The Bertz CT molecular complexity index is 955. The van der Waals surface area contributed by atoms with Crippen molar-refractivity contribution in [1.29, 1.82) is 0 Å². The molecular weight excluding hydrogens is 388 g/mol. The molecule has 7 heteroatoms. The fourth-order valence-electron chi connectivity index (χ4n) is 2.76. The average molecular weight is 410 g/mol. The topological polar surface area (TPSA) is 67.9 Å². The van der Waals surface area contributed by atoms with Crippen LogP contribution in [0, 0.1) is 0 Å². The molecule has 0 saturated carbocycles. The van der Waals surface area contributed by atoms with Crippen molar-refractivity contribution < 1.29 is 19.1 Å². The Labute approximate surface area is 173 Å². The van der Waals surface area contributed by atoms with Crippen molar-refractivity contribution in [2.75, 3.05) is 25.7 Å². The fourth-order valence-corrected chi connectivity index (χ4v) is 3.45. The summed E-state index contributed by atoms with van der Waals surface area (Å²) in [5.41, 5.74) is 1.17. The van der Waals surface area contributed by atoms with Gasteiger partial charge in [0.1, 0.15) is 11.5 Å². The van der Waals surface area contributed by atoms with Crippen LogP contribution in [-0.4, -0.2) is 32.6 Å². The molecule has 150 valence electrons. The van der Waals surface area contributed by atoms with E-state index in [0.717, 1.165) is 10.6 Å². The molecule has 0 atom stereocenters. The number of hydrogen-bond acceptors (Lipinski definition) is 5. The highest BCUT2D eigenvalue weighted by Crippen LogP contribution is 2.23. The third-order valence-electron chi connectivity index (χ3n) is 4.31. The summed E-state index contributed by atoms with van der Waals surface area (Å²) in [6, 6.07) is 18.0. The first kappa shape index (κ1) is 20.4. The third-order valence-corrected chi connectivity index (χ3v) is 5.17. The molecule has 0 bridgehead atoms. The van der Waals surface area contributed by atoms with Gasteiger partial charge in [-0.15, -0.1) is 11.3 Å². The van der Waals surface area contributed by atoms with Gasteiger partial charge in [0, 0.05) is 16.1 Å². The SMILES string of the molecule is COc1ccc(N(Cc2cccs2)C(=O)CNC(=O)c2cccc(OC)c2)cc1. The Kier molecular flexibility index (Phi) is 6.86. The van der Waals surface area contributed by atoms with Crippen LogP contribution in [0.5, 0.6) is 11.5 Å². The summed E-state index contributed by atoms with van der Waals surface area (Å²) in [5, 5.41) is 4.66.